The minimum Gasteiger partial charge on any atom is -0.486 e. The van der Waals surface area contributed by atoms with Gasteiger partial charge in [-0.05, 0) is 49.7 Å². The zero-order valence-electron chi connectivity index (χ0n) is 16.0. The molecule has 29 heavy (non-hydrogen) atoms. The summed E-state index contributed by atoms with van der Waals surface area (Å²) in [6, 6.07) is 8.23. The summed E-state index contributed by atoms with van der Waals surface area (Å²) in [6.45, 7) is 4.97. The van der Waals surface area contributed by atoms with Gasteiger partial charge in [0.15, 0.2) is 0 Å². The fourth-order valence-electron chi connectivity index (χ4n) is 4.10. The van der Waals surface area contributed by atoms with Crippen molar-refractivity contribution in [2.75, 3.05) is 38.2 Å². The highest BCUT2D eigenvalue weighted by atomic mass is 19.1. The number of ether oxygens (including phenoxy) is 2. The number of hydrogen-bond acceptors (Lipinski definition) is 5. The maximum absolute atomic E-state index is 13.7. The van der Waals surface area contributed by atoms with Gasteiger partial charge in [0.25, 0.3) is 5.91 Å². The molecule has 4 heterocycles. The number of aromatic nitrogens is 1. The normalized spacial score (nSPS) is 20.9. The Morgan fingerprint density at radius 2 is 2.00 bits per heavy atom. The van der Waals surface area contributed by atoms with Crippen molar-refractivity contribution in [3.63, 3.8) is 0 Å². The molecule has 0 aliphatic carbocycles. The van der Waals surface area contributed by atoms with Crippen LogP contribution in [0.5, 0.6) is 0 Å². The SMILES string of the molecule is O=C1Nc2ccc(F)cc2/C1=C1/OCc2nc(CCCN3CCOCC3)ccc21. The smallest absolute Gasteiger partial charge is 0.260 e. The third-order valence-electron chi connectivity index (χ3n) is 5.59. The van der Waals surface area contributed by atoms with Gasteiger partial charge in [0, 0.05) is 35.6 Å². The number of rotatable bonds is 4. The van der Waals surface area contributed by atoms with Gasteiger partial charge in [-0.25, -0.2) is 4.39 Å². The van der Waals surface area contributed by atoms with Gasteiger partial charge in [-0.15, -0.1) is 0 Å². The molecule has 2 aromatic rings. The first-order valence-electron chi connectivity index (χ1n) is 9.96. The highest BCUT2D eigenvalue weighted by molar-refractivity contribution is 6.36. The third kappa shape index (κ3) is 3.52. The zero-order valence-corrected chi connectivity index (χ0v) is 16.0. The van der Waals surface area contributed by atoms with Gasteiger partial charge in [-0.1, -0.05) is 0 Å². The van der Waals surface area contributed by atoms with Crippen LogP contribution in [0.2, 0.25) is 0 Å². The van der Waals surface area contributed by atoms with Crippen molar-refractivity contribution in [1.82, 2.24) is 9.88 Å². The van der Waals surface area contributed by atoms with E-state index in [2.05, 4.69) is 10.2 Å². The fourth-order valence-corrected chi connectivity index (χ4v) is 4.10. The summed E-state index contributed by atoms with van der Waals surface area (Å²) in [4.78, 5) is 19.7. The first-order valence-corrected chi connectivity index (χ1v) is 9.96. The van der Waals surface area contributed by atoms with Crippen LogP contribution in [-0.2, 0) is 27.3 Å². The molecule has 3 aliphatic rings. The number of pyridine rings is 1. The first kappa shape index (κ1) is 18.3. The minimum absolute atomic E-state index is 0.275. The van der Waals surface area contributed by atoms with E-state index in [1.165, 1.54) is 12.1 Å². The van der Waals surface area contributed by atoms with Gasteiger partial charge >= 0.3 is 0 Å². The summed E-state index contributed by atoms with van der Waals surface area (Å²) in [7, 11) is 0. The van der Waals surface area contributed by atoms with Gasteiger partial charge in [0.2, 0.25) is 0 Å². The summed E-state index contributed by atoms with van der Waals surface area (Å²) in [5.74, 6) is -0.178. The minimum atomic E-state index is -0.384. The number of nitrogens with one attached hydrogen (secondary N) is 1. The van der Waals surface area contributed by atoms with Crippen LogP contribution < -0.4 is 5.32 Å². The number of morpholine rings is 1. The molecular weight excluding hydrogens is 373 g/mol. The molecule has 1 saturated heterocycles. The number of hydrogen-bond donors (Lipinski definition) is 1. The van der Waals surface area contributed by atoms with Crippen LogP contribution in [0.25, 0.3) is 11.3 Å². The Labute approximate surface area is 168 Å². The van der Waals surface area contributed by atoms with Crippen LogP contribution in [0.4, 0.5) is 10.1 Å². The Morgan fingerprint density at radius 3 is 2.86 bits per heavy atom. The van der Waals surface area contributed by atoms with E-state index in [0.717, 1.165) is 62.6 Å². The molecule has 1 amide bonds. The first-order chi connectivity index (χ1) is 14.2. The topological polar surface area (TPSA) is 63.7 Å². The van der Waals surface area contributed by atoms with Crippen LogP contribution in [0.15, 0.2) is 30.3 Å². The number of anilines is 1. The van der Waals surface area contributed by atoms with Gasteiger partial charge < -0.3 is 14.8 Å². The standard InChI is InChI=1S/C22H22FN3O3/c23-14-3-6-18-17(12-14)20(22(27)25-18)21-16-5-4-15(24-19(16)13-29-21)2-1-7-26-8-10-28-11-9-26/h3-6,12H,1-2,7-11,13H2,(H,25,27)/b21-20-. The maximum Gasteiger partial charge on any atom is 0.260 e. The molecular formula is C22H22FN3O3. The monoisotopic (exact) mass is 395 g/mol. The molecule has 1 aromatic heterocycles. The second-order valence-corrected chi connectivity index (χ2v) is 7.49. The quantitative estimate of drug-likeness (QED) is 0.807. The van der Waals surface area contributed by atoms with Gasteiger partial charge in [-0.3, -0.25) is 14.7 Å². The Kier molecular flexibility index (Phi) is 4.77. The Hall–Kier alpha value is -2.77. The molecule has 0 radical (unpaired) electrons. The van der Waals surface area contributed by atoms with Crippen molar-refractivity contribution in [1.29, 1.82) is 0 Å². The van der Waals surface area contributed by atoms with E-state index < -0.39 is 0 Å². The lowest BCUT2D eigenvalue weighted by molar-refractivity contribution is -0.110. The lowest BCUT2D eigenvalue weighted by atomic mass is 10.0. The van der Waals surface area contributed by atoms with Crippen molar-refractivity contribution in [2.24, 2.45) is 0 Å². The molecule has 0 bridgehead atoms. The van der Waals surface area contributed by atoms with Crippen LogP contribution in [0.3, 0.4) is 0 Å². The zero-order chi connectivity index (χ0) is 19.8. The number of aryl methyl sites for hydroxylation is 1. The van der Waals surface area contributed by atoms with Crippen molar-refractivity contribution in [2.45, 2.75) is 19.4 Å². The van der Waals surface area contributed by atoms with Crippen LogP contribution in [-0.4, -0.2) is 48.6 Å². The van der Waals surface area contributed by atoms with Crippen molar-refractivity contribution in [3.05, 3.63) is 58.7 Å². The fraction of sp³-hybridized carbons (Fsp3) is 0.364. The average Bonchev–Trinajstić information content (AvgIpc) is 3.28. The highest BCUT2D eigenvalue weighted by Gasteiger charge is 2.33. The van der Waals surface area contributed by atoms with Crippen LogP contribution in [0.1, 0.15) is 28.9 Å². The molecule has 6 nitrogen and oxygen atoms in total. The molecule has 1 fully saturated rings. The van der Waals surface area contributed by atoms with E-state index in [4.69, 9.17) is 14.5 Å². The number of fused-ring (bicyclic) bond motifs is 2. The summed E-state index contributed by atoms with van der Waals surface area (Å²) in [5, 5.41) is 2.78. The molecule has 1 aromatic carbocycles. The van der Waals surface area contributed by atoms with Crippen LogP contribution in [0, 0.1) is 5.82 Å². The largest absolute Gasteiger partial charge is 0.486 e. The number of carbonyl (C=O) groups is 1. The Balaban J connectivity index is 1.35. The van der Waals surface area contributed by atoms with E-state index in [9.17, 15) is 9.18 Å². The molecule has 1 N–H and O–H groups in total. The van der Waals surface area contributed by atoms with E-state index in [-0.39, 0.29) is 11.7 Å². The Bertz CT molecular complexity index is 999. The van der Waals surface area contributed by atoms with E-state index in [1.807, 2.05) is 12.1 Å². The van der Waals surface area contributed by atoms with E-state index >= 15 is 0 Å². The Morgan fingerprint density at radius 1 is 1.14 bits per heavy atom. The summed E-state index contributed by atoms with van der Waals surface area (Å²) >= 11 is 0. The number of amides is 1. The van der Waals surface area contributed by atoms with Gasteiger partial charge in [-0.2, -0.15) is 0 Å². The second kappa shape index (κ2) is 7.57. The molecule has 0 spiro atoms. The number of halogens is 1. The van der Waals surface area contributed by atoms with Crippen molar-refractivity contribution < 1.29 is 18.7 Å². The third-order valence-corrected chi connectivity index (χ3v) is 5.59. The second-order valence-electron chi connectivity index (χ2n) is 7.49. The maximum atomic E-state index is 13.7. The van der Waals surface area contributed by atoms with Crippen LogP contribution >= 0.6 is 0 Å². The number of benzene rings is 1. The highest BCUT2D eigenvalue weighted by Crippen LogP contribution is 2.41. The molecule has 0 unspecified atom stereocenters. The van der Waals surface area contributed by atoms with E-state index in [1.54, 1.807) is 6.07 Å². The number of carbonyl (C=O) groups excluding carboxylic acids is 1. The summed E-state index contributed by atoms with van der Waals surface area (Å²) < 4.78 is 24.9. The molecule has 5 rings (SSSR count). The van der Waals surface area contributed by atoms with E-state index in [0.29, 0.717) is 29.2 Å². The van der Waals surface area contributed by atoms with Gasteiger partial charge in [0.05, 0.1) is 24.5 Å². The van der Waals surface area contributed by atoms with Crippen molar-refractivity contribution in [3.8, 4) is 0 Å². The summed E-state index contributed by atoms with van der Waals surface area (Å²) in [6.07, 6.45) is 1.93. The predicted molar refractivity (Wildman–Crippen MR) is 106 cm³/mol. The molecule has 7 heteroatoms. The molecule has 150 valence electrons. The molecule has 0 atom stereocenters. The predicted octanol–water partition coefficient (Wildman–Crippen LogP) is 2.84. The molecule has 0 saturated carbocycles. The summed E-state index contributed by atoms with van der Waals surface area (Å²) in [5.41, 5.74) is 4.17. The lowest BCUT2D eigenvalue weighted by Gasteiger charge is -2.26. The molecule has 3 aliphatic heterocycles. The van der Waals surface area contributed by atoms with Crippen molar-refractivity contribution >= 4 is 22.9 Å². The van der Waals surface area contributed by atoms with Gasteiger partial charge in [0.1, 0.15) is 18.2 Å². The lowest BCUT2D eigenvalue weighted by Crippen LogP contribution is -2.36. The number of nitrogens with zero attached hydrogens (tertiary/aromatic N) is 2. The average molecular weight is 395 g/mol.